The minimum absolute atomic E-state index is 0.0708. The van der Waals surface area contributed by atoms with E-state index in [0.29, 0.717) is 0 Å². The molecular weight excluding hydrogens is 208 g/mol. The fourth-order valence-corrected chi connectivity index (χ4v) is 1.33. The molecule has 0 spiro atoms. The highest BCUT2D eigenvalue weighted by atomic mass is 16.6. The lowest BCUT2D eigenvalue weighted by Gasteiger charge is -2.38. The van der Waals surface area contributed by atoms with E-state index < -0.39 is 30.7 Å². The van der Waals surface area contributed by atoms with Crippen LogP contribution in [0, 0.1) is 0 Å². The molecule has 15 heavy (non-hydrogen) atoms. The zero-order valence-electron chi connectivity index (χ0n) is 8.06. The standard InChI is InChI=1S/C8H16O7/c9-1-2-14-3-4-5(10)6(11)7(12)8(13)15-4/h4-13H,1-3H2/t4-,5-,6+,7-,8?/m1/s1. The van der Waals surface area contributed by atoms with Gasteiger partial charge in [0.15, 0.2) is 6.29 Å². The third-order valence-corrected chi connectivity index (χ3v) is 2.20. The lowest BCUT2D eigenvalue weighted by atomic mass is 9.99. The van der Waals surface area contributed by atoms with E-state index in [1.54, 1.807) is 0 Å². The fraction of sp³-hybridized carbons (Fsp3) is 1.00. The average molecular weight is 224 g/mol. The summed E-state index contributed by atoms with van der Waals surface area (Å²) >= 11 is 0. The largest absolute Gasteiger partial charge is 0.394 e. The van der Waals surface area contributed by atoms with Gasteiger partial charge in [-0.2, -0.15) is 0 Å². The number of hydrogen-bond acceptors (Lipinski definition) is 7. The van der Waals surface area contributed by atoms with Crippen molar-refractivity contribution < 1.29 is 35.0 Å². The van der Waals surface area contributed by atoms with E-state index in [1.807, 2.05) is 0 Å². The van der Waals surface area contributed by atoms with E-state index in [9.17, 15) is 10.2 Å². The predicted molar refractivity (Wildman–Crippen MR) is 46.8 cm³/mol. The van der Waals surface area contributed by atoms with Crippen molar-refractivity contribution in [3.8, 4) is 0 Å². The van der Waals surface area contributed by atoms with Crippen LogP contribution in [0.3, 0.4) is 0 Å². The summed E-state index contributed by atoms with van der Waals surface area (Å²) in [5, 5.41) is 45.5. The molecule has 0 saturated carbocycles. The molecule has 1 rings (SSSR count). The summed E-state index contributed by atoms with van der Waals surface area (Å²) in [6.45, 7) is -0.180. The van der Waals surface area contributed by atoms with Crippen LogP contribution in [0.15, 0.2) is 0 Å². The van der Waals surface area contributed by atoms with Gasteiger partial charge < -0.3 is 35.0 Å². The van der Waals surface area contributed by atoms with Crippen LogP contribution < -0.4 is 0 Å². The second-order valence-electron chi connectivity index (χ2n) is 3.34. The fourth-order valence-electron chi connectivity index (χ4n) is 1.33. The Kier molecular flexibility index (Phi) is 4.87. The maximum atomic E-state index is 9.44. The van der Waals surface area contributed by atoms with Crippen molar-refractivity contribution in [1.29, 1.82) is 0 Å². The van der Waals surface area contributed by atoms with Crippen molar-refractivity contribution in [2.24, 2.45) is 0 Å². The van der Waals surface area contributed by atoms with Gasteiger partial charge in [0.25, 0.3) is 0 Å². The first-order valence-corrected chi connectivity index (χ1v) is 4.64. The maximum Gasteiger partial charge on any atom is 0.184 e. The van der Waals surface area contributed by atoms with Gasteiger partial charge in [0.1, 0.15) is 24.4 Å². The number of aliphatic hydroxyl groups excluding tert-OH is 5. The summed E-state index contributed by atoms with van der Waals surface area (Å²) in [7, 11) is 0. The highest BCUT2D eigenvalue weighted by Crippen LogP contribution is 2.19. The van der Waals surface area contributed by atoms with Gasteiger partial charge >= 0.3 is 0 Å². The second kappa shape index (κ2) is 5.71. The first-order chi connectivity index (χ1) is 7.07. The highest BCUT2D eigenvalue weighted by molar-refractivity contribution is 4.88. The van der Waals surface area contributed by atoms with E-state index in [-0.39, 0.29) is 19.8 Å². The summed E-state index contributed by atoms with van der Waals surface area (Å²) in [4.78, 5) is 0. The molecule has 1 heterocycles. The monoisotopic (exact) mass is 224 g/mol. The van der Waals surface area contributed by atoms with E-state index >= 15 is 0 Å². The van der Waals surface area contributed by atoms with E-state index in [4.69, 9.17) is 24.8 Å². The second-order valence-corrected chi connectivity index (χ2v) is 3.34. The molecular formula is C8H16O7. The van der Waals surface area contributed by atoms with Crippen LogP contribution in [0.1, 0.15) is 0 Å². The van der Waals surface area contributed by atoms with Crippen LogP contribution in [0.2, 0.25) is 0 Å². The molecule has 1 fully saturated rings. The van der Waals surface area contributed by atoms with Crippen LogP contribution in [0.5, 0.6) is 0 Å². The van der Waals surface area contributed by atoms with Gasteiger partial charge in [0, 0.05) is 0 Å². The summed E-state index contributed by atoms with van der Waals surface area (Å²) < 4.78 is 9.70. The Labute approximate surface area is 86.5 Å². The molecule has 0 aromatic carbocycles. The first-order valence-electron chi connectivity index (χ1n) is 4.64. The molecule has 1 saturated heterocycles. The van der Waals surface area contributed by atoms with Gasteiger partial charge in [-0.3, -0.25) is 0 Å². The third kappa shape index (κ3) is 3.08. The number of aliphatic hydroxyl groups is 5. The summed E-state index contributed by atoms with van der Waals surface area (Å²) in [5.41, 5.74) is 0. The normalized spacial score (nSPS) is 41.8. The van der Waals surface area contributed by atoms with Crippen LogP contribution in [0.4, 0.5) is 0 Å². The van der Waals surface area contributed by atoms with Crippen LogP contribution in [-0.2, 0) is 9.47 Å². The average Bonchev–Trinajstić information content (AvgIpc) is 2.23. The van der Waals surface area contributed by atoms with Crippen molar-refractivity contribution in [3.63, 3.8) is 0 Å². The molecule has 90 valence electrons. The lowest BCUT2D eigenvalue weighted by molar-refractivity contribution is -0.288. The number of hydrogen-bond donors (Lipinski definition) is 5. The molecule has 0 aromatic heterocycles. The van der Waals surface area contributed by atoms with Crippen molar-refractivity contribution in [2.75, 3.05) is 19.8 Å². The van der Waals surface area contributed by atoms with E-state index in [0.717, 1.165) is 0 Å². The van der Waals surface area contributed by atoms with Gasteiger partial charge in [0.05, 0.1) is 19.8 Å². The Morgan fingerprint density at radius 1 is 1.00 bits per heavy atom. The van der Waals surface area contributed by atoms with Gasteiger partial charge in [-0.25, -0.2) is 0 Å². The minimum Gasteiger partial charge on any atom is -0.394 e. The van der Waals surface area contributed by atoms with Gasteiger partial charge in [-0.15, -0.1) is 0 Å². The molecule has 1 aliphatic heterocycles. The van der Waals surface area contributed by atoms with Gasteiger partial charge in [0.2, 0.25) is 0 Å². The summed E-state index contributed by atoms with van der Waals surface area (Å²) in [6.07, 6.45) is -6.82. The SMILES string of the molecule is OCCOC[C@H]1OC(O)[C@H](O)[C@@H](O)[C@@H]1O. The van der Waals surface area contributed by atoms with Crippen LogP contribution in [0.25, 0.3) is 0 Å². The third-order valence-electron chi connectivity index (χ3n) is 2.20. The Balaban J connectivity index is 2.43. The smallest absolute Gasteiger partial charge is 0.184 e. The predicted octanol–water partition coefficient (Wildman–Crippen LogP) is -3.20. The first kappa shape index (κ1) is 12.8. The Morgan fingerprint density at radius 3 is 2.27 bits per heavy atom. The molecule has 0 aromatic rings. The molecule has 0 amide bonds. The molecule has 1 aliphatic rings. The zero-order chi connectivity index (χ0) is 11.4. The molecule has 1 unspecified atom stereocenters. The van der Waals surface area contributed by atoms with E-state index in [1.165, 1.54) is 0 Å². The maximum absolute atomic E-state index is 9.44. The van der Waals surface area contributed by atoms with Crippen LogP contribution in [-0.4, -0.2) is 76.1 Å². The summed E-state index contributed by atoms with van der Waals surface area (Å²) in [6, 6.07) is 0. The lowest BCUT2D eigenvalue weighted by Crippen LogP contribution is -2.58. The van der Waals surface area contributed by atoms with Crippen molar-refractivity contribution >= 4 is 0 Å². The van der Waals surface area contributed by atoms with E-state index in [2.05, 4.69) is 0 Å². The van der Waals surface area contributed by atoms with Gasteiger partial charge in [-0.05, 0) is 0 Å². The molecule has 5 atom stereocenters. The Hall–Kier alpha value is -0.280. The zero-order valence-corrected chi connectivity index (χ0v) is 8.06. The molecule has 0 aliphatic carbocycles. The van der Waals surface area contributed by atoms with Crippen LogP contribution >= 0.6 is 0 Å². The number of ether oxygens (including phenoxy) is 2. The Morgan fingerprint density at radius 2 is 1.67 bits per heavy atom. The topological polar surface area (TPSA) is 120 Å². The molecule has 0 radical (unpaired) electrons. The quantitative estimate of drug-likeness (QED) is 0.319. The van der Waals surface area contributed by atoms with Gasteiger partial charge in [-0.1, -0.05) is 0 Å². The molecule has 0 bridgehead atoms. The van der Waals surface area contributed by atoms with Crippen molar-refractivity contribution in [1.82, 2.24) is 0 Å². The minimum atomic E-state index is -1.55. The molecule has 7 heteroatoms. The Bertz CT molecular complexity index is 188. The molecule has 5 N–H and O–H groups in total. The van der Waals surface area contributed by atoms with Crippen molar-refractivity contribution in [2.45, 2.75) is 30.7 Å². The van der Waals surface area contributed by atoms with Crippen molar-refractivity contribution in [3.05, 3.63) is 0 Å². The molecule has 7 nitrogen and oxygen atoms in total. The number of rotatable bonds is 4. The summed E-state index contributed by atoms with van der Waals surface area (Å²) in [5.74, 6) is 0. The highest BCUT2D eigenvalue weighted by Gasteiger charge is 2.42.